The van der Waals surface area contributed by atoms with Crippen molar-refractivity contribution in [2.24, 2.45) is 5.92 Å². The second kappa shape index (κ2) is 7.11. The Morgan fingerprint density at radius 3 is 2.83 bits per heavy atom. The van der Waals surface area contributed by atoms with Crippen molar-refractivity contribution >= 4 is 5.82 Å². The zero-order valence-electron chi connectivity index (χ0n) is 13.6. The summed E-state index contributed by atoms with van der Waals surface area (Å²) in [5, 5.41) is 3.54. The van der Waals surface area contributed by atoms with Gasteiger partial charge >= 0.3 is 0 Å². The minimum Gasteiger partial charge on any atom is -0.381 e. The maximum Gasteiger partial charge on any atom is 0.150 e. The zero-order valence-corrected chi connectivity index (χ0v) is 13.6. The lowest BCUT2D eigenvalue weighted by Gasteiger charge is -2.34. The van der Waals surface area contributed by atoms with Gasteiger partial charge in [0.1, 0.15) is 11.6 Å². The average molecular weight is 318 g/mol. The lowest BCUT2D eigenvalue weighted by Crippen LogP contribution is -2.41. The Bertz CT molecular complexity index is 517. The third kappa shape index (κ3) is 4.00. The van der Waals surface area contributed by atoms with E-state index >= 15 is 0 Å². The van der Waals surface area contributed by atoms with Crippen LogP contribution in [0, 0.1) is 5.92 Å². The van der Waals surface area contributed by atoms with E-state index in [4.69, 9.17) is 14.5 Å². The summed E-state index contributed by atoms with van der Waals surface area (Å²) >= 11 is 0. The molecule has 0 radical (unpaired) electrons. The van der Waals surface area contributed by atoms with Crippen molar-refractivity contribution < 1.29 is 9.47 Å². The first kappa shape index (κ1) is 15.3. The van der Waals surface area contributed by atoms with Crippen molar-refractivity contribution in [1.82, 2.24) is 14.9 Å². The Morgan fingerprint density at radius 1 is 1.13 bits per heavy atom. The standard InChI is InChI=1S/C17H26N4O2/c1-2-13(1)11-21-7-10-23-12-15(21)17-18-6-3-16(20-17)19-14-4-8-22-9-5-14/h3,6,13-15H,1-2,4-5,7-12H2,(H,18,19,20)/t15-/m1/s1. The van der Waals surface area contributed by atoms with Gasteiger partial charge < -0.3 is 14.8 Å². The molecule has 23 heavy (non-hydrogen) atoms. The first-order valence-electron chi connectivity index (χ1n) is 8.87. The number of anilines is 1. The highest BCUT2D eigenvalue weighted by atomic mass is 16.5. The molecule has 6 heteroatoms. The Kier molecular flexibility index (Phi) is 4.73. The second-order valence-electron chi connectivity index (χ2n) is 6.86. The maximum absolute atomic E-state index is 5.70. The fourth-order valence-corrected chi connectivity index (χ4v) is 3.39. The average Bonchev–Trinajstić information content (AvgIpc) is 3.41. The van der Waals surface area contributed by atoms with Gasteiger partial charge in [0.15, 0.2) is 0 Å². The lowest BCUT2D eigenvalue weighted by atomic mass is 10.1. The Balaban J connectivity index is 1.45. The molecule has 3 heterocycles. The smallest absolute Gasteiger partial charge is 0.150 e. The van der Waals surface area contributed by atoms with Crippen LogP contribution in [0.3, 0.4) is 0 Å². The second-order valence-corrected chi connectivity index (χ2v) is 6.86. The number of hydrogen-bond acceptors (Lipinski definition) is 6. The molecule has 6 nitrogen and oxygen atoms in total. The van der Waals surface area contributed by atoms with Crippen LogP contribution in [0.5, 0.6) is 0 Å². The van der Waals surface area contributed by atoms with Crippen LogP contribution < -0.4 is 5.32 Å². The molecule has 1 aliphatic carbocycles. The summed E-state index contributed by atoms with van der Waals surface area (Å²) in [6.07, 6.45) is 6.69. The molecule has 2 saturated heterocycles. The topological polar surface area (TPSA) is 59.5 Å². The van der Waals surface area contributed by atoms with Crippen LogP contribution in [0.25, 0.3) is 0 Å². The first-order valence-corrected chi connectivity index (χ1v) is 8.87. The molecular weight excluding hydrogens is 292 g/mol. The van der Waals surface area contributed by atoms with Gasteiger partial charge in [-0.2, -0.15) is 0 Å². The molecule has 3 aliphatic rings. The molecule has 1 atom stereocenters. The van der Waals surface area contributed by atoms with Crippen LogP contribution in [0.2, 0.25) is 0 Å². The van der Waals surface area contributed by atoms with Gasteiger partial charge in [0.05, 0.1) is 19.3 Å². The summed E-state index contributed by atoms with van der Waals surface area (Å²) in [6.45, 7) is 5.34. The van der Waals surface area contributed by atoms with E-state index in [2.05, 4.69) is 15.2 Å². The van der Waals surface area contributed by atoms with Crippen LogP contribution in [0.15, 0.2) is 12.3 Å². The van der Waals surface area contributed by atoms with Crippen LogP contribution in [0.4, 0.5) is 5.82 Å². The molecular formula is C17H26N4O2. The molecule has 3 fully saturated rings. The normalized spacial score (nSPS) is 27.0. The largest absolute Gasteiger partial charge is 0.381 e. The summed E-state index contributed by atoms with van der Waals surface area (Å²) in [4.78, 5) is 11.8. The Labute approximate surface area is 137 Å². The third-order valence-corrected chi connectivity index (χ3v) is 4.97. The van der Waals surface area contributed by atoms with Gasteiger partial charge in [-0.25, -0.2) is 9.97 Å². The number of ether oxygens (including phenoxy) is 2. The Morgan fingerprint density at radius 2 is 2.00 bits per heavy atom. The number of nitrogens with one attached hydrogen (secondary N) is 1. The molecule has 1 aromatic heterocycles. The van der Waals surface area contributed by atoms with Gasteiger partial charge in [-0.3, -0.25) is 4.90 Å². The van der Waals surface area contributed by atoms with E-state index in [1.807, 2.05) is 12.3 Å². The molecule has 1 N–H and O–H groups in total. The van der Waals surface area contributed by atoms with E-state index in [0.717, 1.165) is 63.3 Å². The van der Waals surface area contributed by atoms with E-state index in [9.17, 15) is 0 Å². The minimum absolute atomic E-state index is 0.195. The summed E-state index contributed by atoms with van der Waals surface area (Å²) in [6, 6.07) is 2.62. The van der Waals surface area contributed by atoms with Crippen LogP contribution in [-0.4, -0.2) is 60.4 Å². The molecule has 0 aromatic carbocycles. The van der Waals surface area contributed by atoms with E-state index in [1.165, 1.54) is 12.8 Å². The maximum atomic E-state index is 5.70. The predicted molar refractivity (Wildman–Crippen MR) is 87.4 cm³/mol. The van der Waals surface area contributed by atoms with Gasteiger partial charge in [0.25, 0.3) is 0 Å². The van der Waals surface area contributed by atoms with E-state index in [0.29, 0.717) is 12.6 Å². The van der Waals surface area contributed by atoms with E-state index in [1.54, 1.807) is 0 Å². The minimum atomic E-state index is 0.195. The highest BCUT2D eigenvalue weighted by molar-refractivity contribution is 5.34. The van der Waals surface area contributed by atoms with Crippen molar-refractivity contribution in [1.29, 1.82) is 0 Å². The summed E-state index contributed by atoms with van der Waals surface area (Å²) in [5.41, 5.74) is 0. The summed E-state index contributed by atoms with van der Waals surface area (Å²) in [7, 11) is 0. The number of nitrogens with zero attached hydrogens (tertiary/aromatic N) is 3. The number of rotatable bonds is 5. The van der Waals surface area contributed by atoms with E-state index in [-0.39, 0.29) is 6.04 Å². The molecule has 0 bridgehead atoms. The van der Waals surface area contributed by atoms with Gasteiger partial charge in [-0.1, -0.05) is 0 Å². The molecule has 126 valence electrons. The molecule has 0 spiro atoms. The number of morpholine rings is 1. The Hall–Kier alpha value is -1.24. The van der Waals surface area contributed by atoms with E-state index < -0.39 is 0 Å². The van der Waals surface area contributed by atoms with Crippen LogP contribution >= 0.6 is 0 Å². The molecule has 4 rings (SSSR count). The molecule has 1 aromatic rings. The van der Waals surface area contributed by atoms with Crippen LogP contribution in [0.1, 0.15) is 37.5 Å². The van der Waals surface area contributed by atoms with Gasteiger partial charge in [-0.05, 0) is 37.7 Å². The SMILES string of the molecule is c1cc(NC2CCOCC2)nc([C@H]2COCCN2CC2CC2)n1. The lowest BCUT2D eigenvalue weighted by molar-refractivity contribution is -0.0137. The molecule has 2 aliphatic heterocycles. The quantitative estimate of drug-likeness (QED) is 0.894. The van der Waals surface area contributed by atoms with Gasteiger partial charge in [-0.15, -0.1) is 0 Å². The van der Waals surface area contributed by atoms with Crippen LogP contribution in [-0.2, 0) is 9.47 Å². The van der Waals surface area contributed by atoms with Crippen molar-refractivity contribution in [3.63, 3.8) is 0 Å². The third-order valence-electron chi connectivity index (χ3n) is 4.97. The van der Waals surface area contributed by atoms with Crippen molar-refractivity contribution in [2.45, 2.75) is 37.8 Å². The molecule has 0 unspecified atom stereocenters. The zero-order chi connectivity index (χ0) is 15.5. The fourth-order valence-electron chi connectivity index (χ4n) is 3.39. The summed E-state index contributed by atoms with van der Waals surface area (Å²) in [5.74, 6) is 2.69. The predicted octanol–water partition coefficient (Wildman–Crippen LogP) is 1.85. The van der Waals surface area contributed by atoms with Gasteiger partial charge in [0.2, 0.25) is 0 Å². The summed E-state index contributed by atoms with van der Waals surface area (Å²) < 4.78 is 11.1. The first-order chi connectivity index (χ1) is 11.4. The molecule has 0 amide bonds. The number of aromatic nitrogens is 2. The molecule has 1 saturated carbocycles. The number of hydrogen-bond donors (Lipinski definition) is 1. The van der Waals surface area contributed by atoms with Gasteiger partial charge in [0, 0.05) is 38.5 Å². The van der Waals surface area contributed by atoms with Crippen molar-refractivity contribution in [3.05, 3.63) is 18.1 Å². The monoisotopic (exact) mass is 318 g/mol. The van der Waals surface area contributed by atoms with Crippen molar-refractivity contribution in [3.8, 4) is 0 Å². The fraction of sp³-hybridized carbons (Fsp3) is 0.765. The van der Waals surface area contributed by atoms with Crippen molar-refractivity contribution in [2.75, 3.05) is 44.8 Å². The highest BCUT2D eigenvalue weighted by Crippen LogP contribution is 2.33. The highest BCUT2D eigenvalue weighted by Gasteiger charge is 2.32.